The van der Waals surface area contributed by atoms with Crippen LogP contribution < -0.4 is 9.64 Å². The lowest BCUT2D eigenvalue weighted by Gasteiger charge is -2.31. The van der Waals surface area contributed by atoms with E-state index in [4.69, 9.17) is 27.9 Å². The topological polar surface area (TPSA) is 68.2 Å². The first kappa shape index (κ1) is 19.9. The largest absolute Gasteiger partial charge is 0.447 e. The van der Waals surface area contributed by atoms with Crippen LogP contribution in [-0.2, 0) is 4.79 Å². The van der Waals surface area contributed by atoms with Gasteiger partial charge in [0.05, 0.1) is 10.7 Å². The lowest BCUT2D eigenvalue weighted by atomic mass is 10.1. The van der Waals surface area contributed by atoms with Crippen LogP contribution in [0.2, 0.25) is 10.0 Å². The molecule has 0 aliphatic carbocycles. The number of amides is 1. The lowest BCUT2D eigenvalue weighted by molar-refractivity contribution is -0.120. The van der Waals surface area contributed by atoms with Crippen molar-refractivity contribution in [3.8, 4) is 17.1 Å². The SMILES string of the molecule is CCC(=O)N1c2ccccc2-c2nnc(SC)nc2OC1c1ccc(Cl)cc1Cl. The average Bonchev–Trinajstić information content (AvgIpc) is 2.87. The molecule has 0 saturated carbocycles. The van der Waals surface area contributed by atoms with Gasteiger partial charge in [-0.25, -0.2) is 0 Å². The third-order valence-corrected chi connectivity index (χ3v) is 5.59. The Balaban J connectivity index is 1.99. The summed E-state index contributed by atoms with van der Waals surface area (Å²) in [5.41, 5.74) is 2.44. The Morgan fingerprint density at radius 3 is 2.72 bits per heavy atom. The molecule has 1 aliphatic heterocycles. The molecule has 1 aliphatic rings. The Labute approximate surface area is 182 Å². The highest BCUT2D eigenvalue weighted by Gasteiger charge is 2.36. The smallest absolute Gasteiger partial charge is 0.247 e. The molecular formula is C20H16Cl2N4O2S. The minimum atomic E-state index is -0.832. The number of hydrogen-bond donors (Lipinski definition) is 0. The Morgan fingerprint density at radius 2 is 2.00 bits per heavy atom. The first-order chi connectivity index (χ1) is 14.0. The third kappa shape index (κ3) is 3.66. The van der Waals surface area contributed by atoms with Gasteiger partial charge in [0.1, 0.15) is 0 Å². The summed E-state index contributed by atoms with van der Waals surface area (Å²) in [5, 5.41) is 9.83. The van der Waals surface area contributed by atoms with E-state index in [-0.39, 0.29) is 12.3 Å². The van der Waals surface area contributed by atoms with E-state index in [9.17, 15) is 4.79 Å². The van der Waals surface area contributed by atoms with E-state index in [1.54, 1.807) is 30.0 Å². The highest BCUT2D eigenvalue weighted by Crippen LogP contribution is 2.44. The van der Waals surface area contributed by atoms with Crippen molar-refractivity contribution < 1.29 is 9.53 Å². The summed E-state index contributed by atoms with van der Waals surface area (Å²) in [5.74, 6) is 0.165. The highest BCUT2D eigenvalue weighted by atomic mass is 35.5. The van der Waals surface area contributed by atoms with Crippen molar-refractivity contribution in [2.75, 3.05) is 11.2 Å². The molecule has 1 aromatic heterocycles. The van der Waals surface area contributed by atoms with Gasteiger partial charge >= 0.3 is 0 Å². The fraction of sp³-hybridized carbons (Fsp3) is 0.200. The van der Waals surface area contributed by atoms with E-state index in [0.29, 0.717) is 43.6 Å². The summed E-state index contributed by atoms with van der Waals surface area (Å²) < 4.78 is 6.27. The Morgan fingerprint density at radius 1 is 1.21 bits per heavy atom. The molecule has 1 unspecified atom stereocenters. The van der Waals surface area contributed by atoms with E-state index in [1.807, 2.05) is 30.5 Å². The zero-order valence-electron chi connectivity index (χ0n) is 15.6. The summed E-state index contributed by atoms with van der Waals surface area (Å²) in [6, 6.07) is 12.5. The predicted molar refractivity (Wildman–Crippen MR) is 115 cm³/mol. The molecule has 1 atom stereocenters. The maximum atomic E-state index is 13.0. The second kappa shape index (κ2) is 8.18. The molecule has 148 valence electrons. The number of halogens is 2. The number of nitrogens with zero attached hydrogens (tertiary/aromatic N) is 4. The number of thioether (sulfide) groups is 1. The number of fused-ring (bicyclic) bond motifs is 3. The van der Waals surface area contributed by atoms with Gasteiger partial charge in [0.2, 0.25) is 23.2 Å². The van der Waals surface area contributed by atoms with Crippen LogP contribution >= 0.6 is 35.0 Å². The van der Waals surface area contributed by atoms with Crippen LogP contribution in [0.5, 0.6) is 5.88 Å². The lowest BCUT2D eigenvalue weighted by Crippen LogP contribution is -2.37. The average molecular weight is 447 g/mol. The molecule has 2 aromatic carbocycles. The predicted octanol–water partition coefficient (Wildman–Crippen LogP) is 5.40. The van der Waals surface area contributed by atoms with Crippen LogP contribution in [0.4, 0.5) is 5.69 Å². The monoisotopic (exact) mass is 446 g/mol. The zero-order chi connectivity index (χ0) is 20.5. The molecule has 29 heavy (non-hydrogen) atoms. The van der Waals surface area contributed by atoms with Crippen LogP contribution in [0, 0.1) is 0 Å². The molecule has 9 heteroatoms. The van der Waals surface area contributed by atoms with Crippen LogP contribution in [-0.4, -0.2) is 27.3 Å². The maximum Gasteiger partial charge on any atom is 0.247 e. The number of rotatable bonds is 3. The maximum absolute atomic E-state index is 13.0. The molecule has 6 nitrogen and oxygen atoms in total. The molecular weight excluding hydrogens is 431 g/mol. The molecule has 0 radical (unpaired) electrons. The summed E-state index contributed by atoms with van der Waals surface area (Å²) >= 11 is 13.9. The van der Waals surface area contributed by atoms with E-state index in [1.165, 1.54) is 11.8 Å². The van der Waals surface area contributed by atoms with Gasteiger partial charge in [-0.15, -0.1) is 10.2 Å². The summed E-state index contributed by atoms with van der Waals surface area (Å²) in [6.07, 6.45) is 1.31. The first-order valence-electron chi connectivity index (χ1n) is 8.85. The van der Waals surface area contributed by atoms with E-state index >= 15 is 0 Å². The third-order valence-electron chi connectivity index (χ3n) is 4.49. The fourth-order valence-electron chi connectivity index (χ4n) is 3.14. The minimum absolute atomic E-state index is 0.126. The molecule has 0 fully saturated rings. The van der Waals surface area contributed by atoms with Crippen molar-refractivity contribution in [1.29, 1.82) is 0 Å². The van der Waals surface area contributed by atoms with Gasteiger partial charge in [0.15, 0.2) is 5.69 Å². The van der Waals surface area contributed by atoms with Crippen LogP contribution in [0.15, 0.2) is 47.6 Å². The summed E-state index contributed by atoms with van der Waals surface area (Å²) in [4.78, 5) is 19.1. The molecule has 2 heterocycles. The number of benzene rings is 2. The number of aromatic nitrogens is 3. The van der Waals surface area contributed by atoms with Gasteiger partial charge in [0.25, 0.3) is 0 Å². The molecule has 0 saturated heterocycles. The van der Waals surface area contributed by atoms with Gasteiger partial charge in [-0.05, 0) is 24.5 Å². The van der Waals surface area contributed by atoms with Crippen molar-refractivity contribution in [2.24, 2.45) is 0 Å². The quantitative estimate of drug-likeness (QED) is 0.501. The molecule has 3 aromatic rings. The van der Waals surface area contributed by atoms with Crippen molar-refractivity contribution in [1.82, 2.24) is 15.2 Å². The van der Waals surface area contributed by atoms with Crippen LogP contribution in [0.1, 0.15) is 25.1 Å². The van der Waals surface area contributed by atoms with Crippen molar-refractivity contribution in [3.05, 3.63) is 58.1 Å². The second-order valence-electron chi connectivity index (χ2n) is 6.22. The number of para-hydroxylation sites is 1. The van der Waals surface area contributed by atoms with Gasteiger partial charge in [0, 0.05) is 22.6 Å². The van der Waals surface area contributed by atoms with Crippen molar-refractivity contribution in [2.45, 2.75) is 24.7 Å². The number of anilines is 1. The van der Waals surface area contributed by atoms with Crippen molar-refractivity contribution in [3.63, 3.8) is 0 Å². The summed E-state index contributed by atoms with van der Waals surface area (Å²) in [6.45, 7) is 1.80. The highest BCUT2D eigenvalue weighted by molar-refractivity contribution is 7.98. The Bertz CT molecular complexity index is 1100. The number of carbonyl (C=O) groups is 1. The number of ether oxygens (including phenoxy) is 1. The van der Waals surface area contributed by atoms with Gasteiger partial charge < -0.3 is 4.74 Å². The molecule has 4 rings (SSSR count). The fourth-order valence-corrected chi connectivity index (χ4v) is 3.94. The van der Waals surface area contributed by atoms with E-state index in [2.05, 4.69) is 15.2 Å². The molecule has 0 bridgehead atoms. The second-order valence-corrected chi connectivity index (χ2v) is 7.84. The number of carbonyl (C=O) groups excluding carboxylic acids is 1. The standard InChI is InChI=1S/C20H16Cl2N4O2S/c1-3-16(27)26-15-7-5-4-6-13(15)17-18(23-20(29-2)25-24-17)28-19(26)12-9-8-11(21)10-14(12)22/h4-10,19H,3H2,1-2H3. The normalized spacial score (nSPS) is 15.2. The summed E-state index contributed by atoms with van der Waals surface area (Å²) in [7, 11) is 0. The van der Waals surface area contributed by atoms with Gasteiger partial charge in [-0.3, -0.25) is 9.69 Å². The zero-order valence-corrected chi connectivity index (χ0v) is 17.9. The van der Waals surface area contributed by atoms with Gasteiger partial charge in [-0.2, -0.15) is 4.98 Å². The number of hydrogen-bond acceptors (Lipinski definition) is 6. The van der Waals surface area contributed by atoms with Gasteiger partial charge in [-0.1, -0.05) is 66.2 Å². The van der Waals surface area contributed by atoms with Crippen molar-refractivity contribution >= 4 is 46.6 Å². The van der Waals surface area contributed by atoms with Crippen LogP contribution in [0.25, 0.3) is 11.3 Å². The van der Waals surface area contributed by atoms with Crippen LogP contribution in [0.3, 0.4) is 0 Å². The van der Waals surface area contributed by atoms with E-state index in [0.717, 1.165) is 0 Å². The first-order valence-corrected chi connectivity index (χ1v) is 10.8. The minimum Gasteiger partial charge on any atom is -0.447 e. The molecule has 0 N–H and O–H groups in total. The Hall–Kier alpha value is -2.35. The Kier molecular flexibility index (Phi) is 5.63. The molecule has 0 spiro atoms. The molecule has 1 amide bonds. The van der Waals surface area contributed by atoms with E-state index < -0.39 is 6.23 Å².